The van der Waals surface area contributed by atoms with Crippen molar-refractivity contribution in [3.8, 4) is 0 Å². The molecule has 5 rings (SSSR count). The number of benzene rings is 1. The average Bonchev–Trinajstić information content (AvgIpc) is 3.53. The number of halogens is 1. The molecular weight excluding hydrogens is 436 g/mol. The van der Waals surface area contributed by atoms with Gasteiger partial charge in [0.15, 0.2) is 0 Å². The highest BCUT2D eigenvalue weighted by Crippen LogP contribution is 2.34. The quantitative estimate of drug-likeness (QED) is 0.661. The van der Waals surface area contributed by atoms with Gasteiger partial charge in [0, 0.05) is 37.1 Å². The lowest BCUT2D eigenvalue weighted by Gasteiger charge is -2.35. The van der Waals surface area contributed by atoms with Crippen LogP contribution in [-0.2, 0) is 0 Å². The van der Waals surface area contributed by atoms with Gasteiger partial charge in [0.25, 0.3) is 5.91 Å². The largest absolute Gasteiger partial charge is 0.388 e. The molecule has 7 heteroatoms. The molecule has 3 fully saturated rings. The normalized spacial score (nSPS) is 28.0. The first kappa shape index (κ1) is 22.9. The van der Waals surface area contributed by atoms with E-state index in [1.165, 1.54) is 12.8 Å². The molecule has 1 saturated heterocycles. The van der Waals surface area contributed by atoms with Gasteiger partial charge >= 0.3 is 0 Å². The van der Waals surface area contributed by atoms with E-state index in [-0.39, 0.29) is 12.5 Å². The Labute approximate surface area is 201 Å². The van der Waals surface area contributed by atoms with Gasteiger partial charge in [-0.05, 0) is 69.3 Å². The average molecular weight is 471 g/mol. The van der Waals surface area contributed by atoms with E-state index in [1.807, 2.05) is 18.2 Å². The third kappa shape index (κ3) is 4.84. The highest BCUT2D eigenvalue weighted by atomic mass is 35.5. The van der Waals surface area contributed by atoms with Gasteiger partial charge in [-0.3, -0.25) is 9.69 Å². The van der Waals surface area contributed by atoms with Gasteiger partial charge in [-0.15, -0.1) is 0 Å². The Bertz CT molecular complexity index is 1040. The van der Waals surface area contributed by atoms with Crippen LogP contribution < -0.4 is 10.2 Å². The summed E-state index contributed by atoms with van der Waals surface area (Å²) in [4.78, 5) is 22.9. The third-order valence-corrected chi connectivity index (χ3v) is 8.18. The van der Waals surface area contributed by atoms with Gasteiger partial charge < -0.3 is 15.3 Å². The van der Waals surface area contributed by atoms with Crippen molar-refractivity contribution in [1.82, 2.24) is 15.2 Å². The molecule has 1 aliphatic heterocycles. The number of fused-ring (bicyclic) bond motifs is 1. The van der Waals surface area contributed by atoms with E-state index in [2.05, 4.69) is 29.1 Å². The van der Waals surface area contributed by atoms with Crippen molar-refractivity contribution in [3.63, 3.8) is 0 Å². The van der Waals surface area contributed by atoms with Crippen LogP contribution in [0.15, 0.2) is 24.3 Å². The first-order chi connectivity index (χ1) is 15.8. The molecule has 0 bridgehead atoms. The van der Waals surface area contributed by atoms with E-state index in [9.17, 15) is 9.90 Å². The molecule has 1 unspecified atom stereocenters. The SMILES string of the molecule is C[C@@H]1CCC[C@](O)(CNC(=O)c2c(Cl)ccc3nc(N4CCC(N(C)C5CC5)C4)ccc23)C1. The zero-order chi connectivity index (χ0) is 23.2. The van der Waals surface area contributed by atoms with Gasteiger partial charge in [-0.2, -0.15) is 0 Å². The maximum absolute atomic E-state index is 13.1. The van der Waals surface area contributed by atoms with Crippen molar-refractivity contribution in [2.45, 2.75) is 69.6 Å². The topological polar surface area (TPSA) is 68.7 Å². The predicted molar refractivity (Wildman–Crippen MR) is 133 cm³/mol. The van der Waals surface area contributed by atoms with Crippen molar-refractivity contribution in [2.75, 3.05) is 31.6 Å². The Balaban J connectivity index is 1.32. The molecular formula is C26H35ClN4O2. The molecule has 2 heterocycles. The minimum atomic E-state index is -0.838. The van der Waals surface area contributed by atoms with E-state index < -0.39 is 5.60 Å². The van der Waals surface area contributed by atoms with Crippen molar-refractivity contribution in [3.05, 3.63) is 34.9 Å². The van der Waals surface area contributed by atoms with Gasteiger partial charge in [0.05, 0.1) is 21.7 Å². The molecule has 2 aliphatic carbocycles. The minimum Gasteiger partial charge on any atom is -0.388 e. The second-order valence-electron chi connectivity index (χ2n) is 10.6. The Kier molecular flexibility index (Phi) is 6.27. The summed E-state index contributed by atoms with van der Waals surface area (Å²) in [5, 5.41) is 15.0. The van der Waals surface area contributed by atoms with Crippen LogP contribution in [0, 0.1) is 5.92 Å². The molecule has 2 aromatic rings. The Morgan fingerprint density at radius 2 is 2.06 bits per heavy atom. The highest BCUT2D eigenvalue weighted by molar-refractivity contribution is 6.35. The maximum atomic E-state index is 13.1. The van der Waals surface area contributed by atoms with Crippen molar-refractivity contribution >= 4 is 34.2 Å². The fourth-order valence-corrected chi connectivity index (χ4v) is 6.01. The molecule has 3 atom stereocenters. The number of rotatable bonds is 6. The lowest BCUT2D eigenvalue weighted by atomic mass is 9.79. The first-order valence-corrected chi connectivity index (χ1v) is 12.8. The van der Waals surface area contributed by atoms with Crippen molar-refractivity contribution in [1.29, 1.82) is 0 Å². The van der Waals surface area contributed by atoms with Crippen LogP contribution in [0.3, 0.4) is 0 Å². The van der Waals surface area contributed by atoms with Crippen LogP contribution in [0.1, 0.15) is 62.2 Å². The monoisotopic (exact) mass is 470 g/mol. The summed E-state index contributed by atoms with van der Waals surface area (Å²) in [7, 11) is 2.25. The van der Waals surface area contributed by atoms with Gasteiger partial charge in [0.2, 0.25) is 0 Å². The molecule has 33 heavy (non-hydrogen) atoms. The Morgan fingerprint density at radius 1 is 1.24 bits per heavy atom. The number of amides is 1. The van der Waals surface area contributed by atoms with Crippen LogP contribution in [0.5, 0.6) is 0 Å². The second kappa shape index (κ2) is 9.05. The van der Waals surface area contributed by atoms with Gasteiger partial charge in [0.1, 0.15) is 5.82 Å². The fourth-order valence-electron chi connectivity index (χ4n) is 5.76. The molecule has 0 spiro atoms. The smallest absolute Gasteiger partial charge is 0.253 e. The van der Waals surface area contributed by atoms with Crippen LogP contribution in [0.25, 0.3) is 10.9 Å². The van der Waals surface area contributed by atoms with Gasteiger partial charge in [-0.25, -0.2) is 4.98 Å². The first-order valence-electron chi connectivity index (χ1n) is 12.4. The van der Waals surface area contributed by atoms with Crippen LogP contribution >= 0.6 is 11.6 Å². The van der Waals surface area contributed by atoms with E-state index in [0.717, 1.165) is 61.5 Å². The number of nitrogens with one attached hydrogen (secondary N) is 1. The number of nitrogens with zero attached hydrogens (tertiary/aromatic N) is 3. The molecule has 1 aromatic heterocycles. The zero-order valence-corrected chi connectivity index (χ0v) is 20.4. The summed E-state index contributed by atoms with van der Waals surface area (Å²) >= 11 is 6.47. The van der Waals surface area contributed by atoms with Crippen molar-refractivity contribution < 1.29 is 9.90 Å². The standard InChI is InChI=1S/C26H35ClN4O2/c1-17-4-3-12-26(33,14-17)16-28-25(32)24-20-7-10-23(29-22(20)9-8-21(24)27)31-13-11-19(15-31)30(2)18-5-6-18/h7-10,17-19,33H,3-6,11-16H2,1-2H3,(H,28,32)/t17-,19?,26-/m1/s1. The number of aliphatic hydroxyl groups is 1. The van der Waals surface area contributed by atoms with E-state index in [0.29, 0.717) is 29.0 Å². The maximum Gasteiger partial charge on any atom is 0.253 e. The number of aromatic nitrogens is 1. The molecule has 2 N–H and O–H groups in total. The fraction of sp³-hybridized carbons (Fsp3) is 0.615. The minimum absolute atomic E-state index is 0.248. The Morgan fingerprint density at radius 3 is 2.82 bits per heavy atom. The third-order valence-electron chi connectivity index (χ3n) is 7.86. The predicted octanol–water partition coefficient (Wildman–Crippen LogP) is 4.23. The lowest BCUT2D eigenvalue weighted by Crippen LogP contribution is -2.45. The number of carbonyl (C=O) groups is 1. The molecule has 6 nitrogen and oxygen atoms in total. The zero-order valence-electron chi connectivity index (χ0n) is 19.7. The molecule has 1 aromatic carbocycles. The summed E-state index contributed by atoms with van der Waals surface area (Å²) < 4.78 is 0. The van der Waals surface area contributed by atoms with Crippen LogP contribution in [-0.4, -0.2) is 65.3 Å². The number of anilines is 1. The summed E-state index contributed by atoms with van der Waals surface area (Å²) in [6, 6.07) is 8.95. The summed E-state index contributed by atoms with van der Waals surface area (Å²) in [5.41, 5.74) is 0.370. The molecule has 1 amide bonds. The van der Waals surface area contributed by atoms with Crippen LogP contribution in [0.4, 0.5) is 5.82 Å². The number of pyridine rings is 1. The molecule has 0 radical (unpaired) electrons. The van der Waals surface area contributed by atoms with Gasteiger partial charge in [-0.1, -0.05) is 31.4 Å². The lowest BCUT2D eigenvalue weighted by molar-refractivity contribution is -0.0109. The molecule has 3 aliphatic rings. The summed E-state index contributed by atoms with van der Waals surface area (Å²) in [6.07, 6.45) is 7.36. The van der Waals surface area contributed by atoms with E-state index in [4.69, 9.17) is 16.6 Å². The van der Waals surface area contributed by atoms with E-state index in [1.54, 1.807) is 6.07 Å². The molecule has 2 saturated carbocycles. The summed E-state index contributed by atoms with van der Waals surface area (Å²) in [5.74, 6) is 1.17. The second-order valence-corrected chi connectivity index (χ2v) is 11.0. The number of hydrogen-bond donors (Lipinski definition) is 2. The number of carbonyl (C=O) groups excluding carboxylic acids is 1. The highest BCUT2D eigenvalue weighted by Gasteiger charge is 2.35. The Hall–Kier alpha value is -1.89. The summed E-state index contributed by atoms with van der Waals surface area (Å²) in [6.45, 7) is 4.39. The number of likely N-dealkylation sites (N-methyl/N-ethyl adjacent to an activating group) is 1. The molecule has 178 valence electrons. The van der Waals surface area contributed by atoms with Crippen LogP contribution in [0.2, 0.25) is 5.02 Å². The van der Waals surface area contributed by atoms with Crippen molar-refractivity contribution in [2.24, 2.45) is 5.92 Å². The van der Waals surface area contributed by atoms with E-state index >= 15 is 0 Å². The number of hydrogen-bond acceptors (Lipinski definition) is 5.